The fourth-order valence-corrected chi connectivity index (χ4v) is 3.05. The number of fused-ring (bicyclic) bond motifs is 1. The van der Waals surface area contributed by atoms with Crippen molar-refractivity contribution in [3.63, 3.8) is 0 Å². The van der Waals surface area contributed by atoms with Crippen molar-refractivity contribution in [1.29, 1.82) is 0 Å². The highest BCUT2D eigenvalue weighted by molar-refractivity contribution is 5.85. The van der Waals surface area contributed by atoms with Gasteiger partial charge in [-0.05, 0) is 25.0 Å². The lowest BCUT2D eigenvalue weighted by atomic mass is 10.1. The largest absolute Gasteiger partial charge is 0.476 e. The Bertz CT molecular complexity index is 881. The van der Waals surface area contributed by atoms with Gasteiger partial charge in [-0.15, -0.1) is 0 Å². The molecule has 0 bridgehead atoms. The first kappa shape index (κ1) is 13.8. The summed E-state index contributed by atoms with van der Waals surface area (Å²) in [5.41, 5.74) is 3.72. The summed E-state index contributed by atoms with van der Waals surface area (Å²) in [7, 11) is 0. The van der Waals surface area contributed by atoms with Crippen molar-refractivity contribution < 1.29 is 9.90 Å². The third-order valence-electron chi connectivity index (χ3n) is 4.23. The van der Waals surface area contributed by atoms with Crippen molar-refractivity contribution in [1.82, 2.24) is 14.4 Å². The maximum absolute atomic E-state index is 11.1. The number of hydrogen-bond donors (Lipinski definition) is 1. The van der Waals surface area contributed by atoms with E-state index in [1.807, 2.05) is 12.1 Å². The number of carbonyl (C=O) groups is 1. The highest BCUT2D eigenvalue weighted by atomic mass is 16.4. The van der Waals surface area contributed by atoms with Gasteiger partial charge < -0.3 is 10.0 Å². The summed E-state index contributed by atoms with van der Waals surface area (Å²) in [6.45, 7) is 2.17. The number of nitrogens with zero attached hydrogens (tertiary/aromatic N) is 4. The van der Waals surface area contributed by atoms with Crippen LogP contribution in [0.5, 0.6) is 0 Å². The summed E-state index contributed by atoms with van der Waals surface area (Å²) in [6, 6.07) is 8.30. The van der Waals surface area contributed by atoms with Crippen LogP contribution < -0.4 is 4.90 Å². The highest BCUT2D eigenvalue weighted by Gasteiger charge is 2.14. The van der Waals surface area contributed by atoms with E-state index in [1.165, 1.54) is 30.9 Å². The lowest BCUT2D eigenvalue weighted by Crippen LogP contribution is -2.17. The molecule has 1 fully saturated rings. The molecule has 3 heterocycles. The first-order chi connectivity index (χ1) is 11.2. The topological polar surface area (TPSA) is 70.7 Å². The van der Waals surface area contributed by atoms with Gasteiger partial charge in [-0.3, -0.25) is 4.40 Å². The molecule has 0 radical (unpaired) electrons. The van der Waals surface area contributed by atoms with Crippen LogP contribution in [0.1, 0.15) is 23.3 Å². The number of anilines is 1. The van der Waals surface area contributed by atoms with Gasteiger partial charge in [0, 0.05) is 30.5 Å². The van der Waals surface area contributed by atoms with Gasteiger partial charge in [-0.1, -0.05) is 12.1 Å². The Morgan fingerprint density at radius 1 is 1.13 bits per heavy atom. The Hall–Kier alpha value is -2.89. The van der Waals surface area contributed by atoms with Crippen molar-refractivity contribution >= 4 is 17.3 Å². The number of imidazole rings is 1. The van der Waals surface area contributed by atoms with Gasteiger partial charge in [0.15, 0.2) is 11.3 Å². The van der Waals surface area contributed by atoms with Crippen LogP contribution >= 0.6 is 0 Å². The molecule has 1 aromatic carbocycles. The molecule has 0 spiro atoms. The molecule has 1 N–H and O–H groups in total. The molecule has 3 aromatic rings. The molecule has 1 aliphatic heterocycles. The molecule has 1 saturated heterocycles. The van der Waals surface area contributed by atoms with Crippen LogP contribution in [-0.4, -0.2) is 38.5 Å². The quantitative estimate of drug-likeness (QED) is 0.805. The monoisotopic (exact) mass is 308 g/mol. The maximum atomic E-state index is 11.1. The molecule has 6 heteroatoms. The number of aromatic carboxylic acids is 1. The van der Waals surface area contributed by atoms with Gasteiger partial charge >= 0.3 is 5.97 Å². The number of aromatic nitrogens is 3. The number of carboxylic acids is 1. The molecule has 1 aliphatic rings. The zero-order valence-corrected chi connectivity index (χ0v) is 12.5. The first-order valence-corrected chi connectivity index (χ1v) is 7.64. The Labute approximate surface area is 133 Å². The second-order valence-corrected chi connectivity index (χ2v) is 5.69. The average molecular weight is 308 g/mol. The number of carboxylic acid groups (broad SMARTS) is 1. The second-order valence-electron chi connectivity index (χ2n) is 5.69. The lowest BCUT2D eigenvalue weighted by molar-refractivity contribution is 0.0690. The summed E-state index contributed by atoms with van der Waals surface area (Å²) >= 11 is 0. The minimum Gasteiger partial charge on any atom is -0.476 e. The summed E-state index contributed by atoms with van der Waals surface area (Å²) in [6.07, 6.45) is 7.21. The Balaban J connectivity index is 1.80. The fourth-order valence-electron chi connectivity index (χ4n) is 3.05. The normalized spacial score (nSPS) is 14.5. The molecular formula is C17H16N4O2. The molecule has 0 aliphatic carbocycles. The van der Waals surface area contributed by atoms with Crippen LogP contribution in [0.25, 0.3) is 16.9 Å². The standard InChI is InChI=1S/C17H16N4O2/c22-17(23)14-11-21-15(9-19-16(21)10-18-14)12-4-3-5-13(8-12)20-6-1-2-7-20/h3-5,8-11H,1-2,6-7H2,(H,22,23). The second kappa shape index (κ2) is 5.39. The van der Waals surface area contributed by atoms with Gasteiger partial charge in [0.1, 0.15) is 0 Å². The zero-order chi connectivity index (χ0) is 15.8. The number of rotatable bonds is 3. The van der Waals surface area contributed by atoms with Crippen LogP contribution in [0.15, 0.2) is 42.9 Å². The SMILES string of the molecule is O=C(O)c1cn2c(-c3cccc(N4CCCC4)c3)cnc2cn1. The van der Waals surface area contributed by atoms with E-state index >= 15 is 0 Å². The minimum absolute atomic E-state index is 0.00690. The van der Waals surface area contributed by atoms with Crippen LogP contribution in [-0.2, 0) is 0 Å². The molecule has 0 amide bonds. The number of benzene rings is 1. The van der Waals surface area contributed by atoms with Crippen LogP contribution in [0, 0.1) is 0 Å². The molecule has 0 saturated carbocycles. The smallest absolute Gasteiger partial charge is 0.356 e. The van der Waals surface area contributed by atoms with Gasteiger partial charge in [-0.2, -0.15) is 0 Å². The summed E-state index contributed by atoms with van der Waals surface area (Å²) in [4.78, 5) is 21.7. The van der Waals surface area contributed by atoms with E-state index in [1.54, 1.807) is 10.6 Å². The van der Waals surface area contributed by atoms with Crippen molar-refractivity contribution in [2.75, 3.05) is 18.0 Å². The number of hydrogen-bond acceptors (Lipinski definition) is 4. The minimum atomic E-state index is -1.04. The third-order valence-corrected chi connectivity index (χ3v) is 4.23. The molecule has 2 aromatic heterocycles. The van der Waals surface area contributed by atoms with Crippen LogP contribution in [0.2, 0.25) is 0 Å². The molecule has 6 nitrogen and oxygen atoms in total. The van der Waals surface area contributed by atoms with Gasteiger partial charge in [0.25, 0.3) is 0 Å². The zero-order valence-electron chi connectivity index (χ0n) is 12.5. The predicted octanol–water partition coefficient (Wildman–Crippen LogP) is 2.69. The molecule has 116 valence electrons. The van der Waals surface area contributed by atoms with E-state index < -0.39 is 5.97 Å². The Morgan fingerprint density at radius 2 is 1.96 bits per heavy atom. The predicted molar refractivity (Wildman–Crippen MR) is 86.8 cm³/mol. The molecule has 4 rings (SSSR count). The van der Waals surface area contributed by atoms with Gasteiger partial charge in [-0.25, -0.2) is 14.8 Å². The van der Waals surface area contributed by atoms with Crippen LogP contribution in [0.3, 0.4) is 0 Å². The highest BCUT2D eigenvalue weighted by Crippen LogP contribution is 2.27. The van der Waals surface area contributed by atoms with Crippen molar-refractivity contribution in [3.8, 4) is 11.3 Å². The van der Waals surface area contributed by atoms with Gasteiger partial charge in [0.2, 0.25) is 0 Å². The molecule has 0 unspecified atom stereocenters. The molecular weight excluding hydrogens is 292 g/mol. The van der Waals surface area contributed by atoms with E-state index in [-0.39, 0.29) is 5.69 Å². The van der Waals surface area contributed by atoms with E-state index in [0.717, 1.165) is 24.3 Å². The first-order valence-electron chi connectivity index (χ1n) is 7.64. The summed E-state index contributed by atoms with van der Waals surface area (Å²) < 4.78 is 1.78. The Kier molecular flexibility index (Phi) is 3.22. The van der Waals surface area contributed by atoms with E-state index in [9.17, 15) is 4.79 Å². The van der Waals surface area contributed by atoms with E-state index in [0.29, 0.717) is 5.65 Å². The van der Waals surface area contributed by atoms with E-state index in [4.69, 9.17) is 5.11 Å². The van der Waals surface area contributed by atoms with E-state index in [2.05, 4.69) is 27.0 Å². The fraction of sp³-hybridized carbons (Fsp3) is 0.235. The van der Waals surface area contributed by atoms with Crippen molar-refractivity contribution in [3.05, 3.63) is 48.5 Å². The maximum Gasteiger partial charge on any atom is 0.356 e. The third kappa shape index (κ3) is 2.42. The van der Waals surface area contributed by atoms with Crippen molar-refractivity contribution in [2.24, 2.45) is 0 Å². The Morgan fingerprint density at radius 3 is 2.74 bits per heavy atom. The summed E-state index contributed by atoms with van der Waals surface area (Å²) in [5, 5.41) is 9.13. The average Bonchev–Trinajstić information content (AvgIpc) is 3.24. The molecule has 0 atom stereocenters. The van der Waals surface area contributed by atoms with Crippen LogP contribution in [0.4, 0.5) is 5.69 Å². The lowest BCUT2D eigenvalue weighted by Gasteiger charge is -2.18. The summed E-state index contributed by atoms with van der Waals surface area (Å²) in [5.74, 6) is -1.04. The van der Waals surface area contributed by atoms with Crippen molar-refractivity contribution in [2.45, 2.75) is 12.8 Å². The van der Waals surface area contributed by atoms with Gasteiger partial charge in [0.05, 0.1) is 18.1 Å². The molecule has 23 heavy (non-hydrogen) atoms.